The number of thiophene rings is 1. The first-order valence-electron chi connectivity index (χ1n) is 6.69. The Morgan fingerprint density at radius 2 is 2.16 bits per heavy atom. The topological polar surface area (TPSA) is 49.8 Å². The van der Waals surface area contributed by atoms with Crippen LogP contribution in [-0.2, 0) is 0 Å². The third kappa shape index (κ3) is 2.39. The number of nitrogens with zero attached hydrogens (tertiary/aromatic N) is 2. The maximum atomic E-state index is 4.55. The number of aryl methyl sites for hydroxylation is 1. The highest BCUT2D eigenvalue weighted by Gasteiger charge is 2.45. The minimum absolute atomic E-state index is 0.496. The summed E-state index contributed by atoms with van der Waals surface area (Å²) < 4.78 is 0. The molecule has 2 aromatic heterocycles. The summed E-state index contributed by atoms with van der Waals surface area (Å²) in [7, 11) is 1.86. The number of nitrogens with one attached hydrogen (secondary N) is 2. The van der Waals surface area contributed by atoms with Gasteiger partial charge in [0, 0.05) is 18.5 Å². The number of hydrogen-bond acceptors (Lipinski definition) is 5. The zero-order chi connectivity index (χ0) is 13.6. The van der Waals surface area contributed by atoms with E-state index in [1.165, 1.54) is 11.3 Å². The molecule has 1 unspecified atom stereocenters. The highest BCUT2D eigenvalue weighted by molar-refractivity contribution is 7.18. The van der Waals surface area contributed by atoms with Crippen molar-refractivity contribution >= 4 is 33.3 Å². The van der Waals surface area contributed by atoms with Crippen molar-refractivity contribution in [3.8, 4) is 0 Å². The van der Waals surface area contributed by atoms with Crippen molar-refractivity contribution in [2.45, 2.75) is 27.2 Å². The summed E-state index contributed by atoms with van der Waals surface area (Å²) in [4.78, 5) is 11.4. The summed E-state index contributed by atoms with van der Waals surface area (Å²) in [5.74, 6) is 2.41. The molecule has 4 nitrogen and oxygen atoms in total. The van der Waals surface area contributed by atoms with E-state index in [1.54, 1.807) is 11.3 Å². The minimum Gasteiger partial charge on any atom is -0.369 e. The molecule has 1 fully saturated rings. The number of fused-ring (bicyclic) bond motifs is 1. The third-order valence-corrected chi connectivity index (χ3v) is 4.92. The van der Waals surface area contributed by atoms with Gasteiger partial charge in [-0.1, -0.05) is 13.8 Å². The van der Waals surface area contributed by atoms with Crippen molar-refractivity contribution in [3.05, 3.63) is 10.9 Å². The molecule has 0 saturated heterocycles. The molecule has 0 radical (unpaired) electrons. The Kier molecular flexibility index (Phi) is 2.89. The van der Waals surface area contributed by atoms with Crippen LogP contribution in [0, 0.1) is 18.3 Å². The van der Waals surface area contributed by atoms with Gasteiger partial charge in [-0.25, -0.2) is 4.98 Å². The van der Waals surface area contributed by atoms with Crippen LogP contribution in [0.15, 0.2) is 6.07 Å². The molecule has 2 N–H and O–H groups in total. The molecule has 2 aromatic rings. The van der Waals surface area contributed by atoms with Crippen LogP contribution in [0.5, 0.6) is 0 Å². The molecule has 0 spiro atoms. The van der Waals surface area contributed by atoms with Crippen LogP contribution < -0.4 is 10.6 Å². The van der Waals surface area contributed by atoms with Crippen LogP contribution in [0.2, 0.25) is 0 Å². The highest BCUT2D eigenvalue weighted by atomic mass is 32.1. The Balaban J connectivity index is 1.88. The van der Waals surface area contributed by atoms with Crippen LogP contribution in [0.4, 0.5) is 11.8 Å². The number of anilines is 2. The normalized spacial score (nSPS) is 20.5. The van der Waals surface area contributed by atoms with Gasteiger partial charge in [-0.05, 0) is 30.7 Å². The molecular weight excluding hydrogens is 256 g/mol. The molecule has 19 heavy (non-hydrogen) atoms. The van der Waals surface area contributed by atoms with E-state index in [0.29, 0.717) is 11.4 Å². The molecule has 1 atom stereocenters. The monoisotopic (exact) mass is 276 g/mol. The zero-order valence-electron chi connectivity index (χ0n) is 11.9. The van der Waals surface area contributed by atoms with E-state index >= 15 is 0 Å². The summed E-state index contributed by atoms with van der Waals surface area (Å²) >= 11 is 1.71. The first-order valence-corrected chi connectivity index (χ1v) is 7.51. The van der Waals surface area contributed by atoms with Gasteiger partial charge in [0.1, 0.15) is 10.6 Å². The fraction of sp³-hybridized carbons (Fsp3) is 0.571. The maximum absolute atomic E-state index is 4.55. The SMILES string of the molecule is CNc1nc(NCC2CC2(C)C)c2cc(C)sc2n1. The van der Waals surface area contributed by atoms with Crippen molar-refractivity contribution in [3.63, 3.8) is 0 Å². The van der Waals surface area contributed by atoms with Crippen molar-refractivity contribution in [1.29, 1.82) is 0 Å². The second-order valence-corrected chi connectivity index (χ2v) is 7.23. The lowest BCUT2D eigenvalue weighted by Gasteiger charge is -2.09. The van der Waals surface area contributed by atoms with E-state index in [4.69, 9.17) is 0 Å². The van der Waals surface area contributed by atoms with Crippen molar-refractivity contribution in [2.75, 3.05) is 24.2 Å². The van der Waals surface area contributed by atoms with Crippen LogP contribution in [-0.4, -0.2) is 23.6 Å². The largest absolute Gasteiger partial charge is 0.369 e. The molecule has 0 bridgehead atoms. The van der Waals surface area contributed by atoms with Crippen molar-refractivity contribution < 1.29 is 0 Å². The van der Waals surface area contributed by atoms with E-state index in [9.17, 15) is 0 Å². The fourth-order valence-electron chi connectivity index (χ4n) is 2.43. The Labute approximate surface area is 117 Å². The standard InChI is InChI=1S/C14H20N4S/c1-8-5-10-11(16-7-9-6-14(9,2)3)17-13(15-4)18-12(10)19-8/h5,9H,6-7H2,1-4H3,(H2,15,16,17,18). The van der Waals surface area contributed by atoms with Crippen molar-refractivity contribution in [1.82, 2.24) is 9.97 Å². The summed E-state index contributed by atoms with van der Waals surface area (Å²) in [5, 5.41) is 7.68. The zero-order valence-corrected chi connectivity index (χ0v) is 12.7. The lowest BCUT2D eigenvalue weighted by molar-refractivity contribution is 0.573. The molecule has 3 rings (SSSR count). The molecule has 5 heteroatoms. The summed E-state index contributed by atoms with van der Waals surface area (Å²) in [6.45, 7) is 7.75. The van der Waals surface area contributed by atoms with Gasteiger partial charge in [0.05, 0.1) is 5.39 Å². The molecule has 0 amide bonds. The van der Waals surface area contributed by atoms with E-state index in [0.717, 1.165) is 28.5 Å². The van der Waals surface area contributed by atoms with E-state index in [2.05, 4.69) is 47.4 Å². The second kappa shape index (κ2) is 4.34. The van der Waals surface area contributed by atoms with Gasteiger partial charge >= 0.3 is 0 Å². The lowest BCUT2D eigenvalue weighted by atomic mass is 10.1. The van der Waals surface area contributed by atoms with E-state index < -0.39 is 0 Å². The minimum atomic E-state index is 0.496. The molecule has 1 aliphatic carbocycles. The quantitative estimate of drug-likeness (QED) is 0.897. The molecule has 102 valence electrons. The smallest absolute Gasteiger partial charge is 0.225 e. The molecule has 0 aromatic carbocycles. The van der Waals surface area contributed by atoms with Crippen LogP contribution in [0.1, 0.15) is 25.1 Å². The first-order chi connectivity index (χ1) is 8.99. The van der Waals surface area contributed by atoms with Gasteiger partial charge in [-0.15, -0.1) is 11.3 Å². The van der Waals surface area contributed by atoms with Gasteiger partial charge in [-0.3, -0.25) is 0 Å². The number of aromatic nitrogens is 2. The third-order valence-electron chi connectivity index (χ3n) is 3.97. The predicted molar refractivity (Wildman–Crippen MR) is 82.1 cm³/mol. The van der Waals surface area contributed by atoms with E-state index in [1.807, 2.05) is 7.05 Å². The highest BCUT2D eigenvalue weighted by Crippen LogP contribution is 2.51. The van der Waals surface area contributed by atoms with Crippen molar-refractivity contribution in [2.24, 2.45) is 11.3 Å². The summed E-state index contributed by atoms with van der Waals surface area (Å²) in [6, 6.07) is 2.17. The van der Waals surface area contributed by atoms with Gasteiger partial charge in [0.2, 0.25) is 5.95 Å². The first kappa shape index (κ1) is 12.7. The lowest BCUT2D eigenvalue weighted by Crippen LogP contribution is -2.10. The second-order valence-electron chi connectivity index (χ2n) is 5.99. The van der Waals surface area contributed by atoms with Gasteiger partial charge in [0.25, 0.3) is 0 Å². The molecule has 1 saturated carbocycles. The van der Waals surface area contributed by atoms with Crippen LogP contribution in [0.3, 0.4) is 0 Å². The fourth-order valence-corrected chi connectivity index (χ4v) is 3.31. The van der Waals surface area contributed by atoms with Gasteiger partial charge in [-0.2, -0.15) is 4.98 Å². The molecule has 0 aliphatic heterocycles. The van der Waals surface area contributed by atoms with Crippen LogP contribution in [0.25, 0.3) is 10.2 Å². The Morgan fingerprint density at radius 1 is 1.42 bits per heavy atom. The molecular formula is C14H20N4S. The Hall–Kier alpha value is -1.36. The maximum Gasteiger partial charge on any atom is 0.225 e. The Bertz CT molecular complexity index is 617. The van der Waals surface area contributed by atoms with Gasteiger partial charge < -0.3 is 10.6 Å². The summed E-state index contributed by atoms with van der Waals surface area (Å²) in [5.41, 5.74) is 0.496. The van der Waals surface area contributed by atoms with E-state index in [-0.39, 0.29) is 0 Å². The predicted octanol–water partition coefficient (Wildman–Crippen LogP) is 3.50. The Morgan fingerprint density at radius 3 is 2.79 bits per heavy atom. The molecule has 1 aliphatic rings. The number of rotatable bonds is 4. The average Bonchev–Trinajstić information content (AvgIpc) is 2.79. The molecule has 2 heterocycles. The number of hydrogen-bond donors (Lipinski definition) is 2. The van der Waals surface area contributed by atoms with Gasteiger partial charge in [0.15, 0.2) is 0 Å². The van der Waals surface area contributed by atoms with Crippen LogP contribution >= 0.6 is 11.3 Å². The average molecular weight is 276 g/mol. The summed E-state index contributed by atoms with van der Waals surface area (Å²) in [6.07, 6.45) is 1.30.